The topological polar surface area (TPSA) is 58.9 Å². The van der Waals surface area contributed by atoms with Crippen LogP contribution in [0.4, 0.5) is 0 Å². The van der Waals surface area contributed by atoms with E-state index in [9.17, 15) is 5.11 Å². The van der Waals surface area contributed by atoms with E-state index in [4.69, 9.17) is 14.6 Å². The Morgan fingerprint density at radius 2 is 1.86 bits per heavy atom. The minimum absolute atomic E-state index is 0.0900. The van der Waals surface area contributed by atoms with Crippen LogP contribution in [0, 0.1) is 0 Å². The number of aliphatic hydroxyl groups is 2. The van der Waals surface area contributed by atoms with Gasteiger partial charge >= 0.3 is 0 Å². The average molecular weight is 302 g/mol. The fraction of sp³-hybridized carbons (Fsp3) is 0.333. The van der Waals surface area contributed by atoms with Crippen LogP contribution in [0.5, 0.6) is 11.5 Å². The number of benzene rings is 2. The molecule has 0 saturated heterocycles. The first-order chi connectivity index (χ1) is 10.7. The lowest BCUT2D eigenvalue weighted by atomic mass is 10.0. The van der Waals surface area contributed by atoms with Crippen molar-refractivity contribution < 1.29 is 19.7 Å². The first-order valence-electron chi connectivity index (χ1n) is 7.35. The quantitative estimate of drug-likeness (QED) is 0.785. The van der Waals surface area contributed by atoms with Crippen LogP contribution in [0.15, 0.2) is 48.5 Å². The second-order valence-corrected chi connectivity index (χ2v) is 5.11. The number of aliphatic hydroxyl groups excluding tert-OH is 2. The Labute approximate surface area is 130 Å². The van der Waals surface area contributed by atoms with Crippen LogP contribution in [0.3, 0.4) is 0 Å². The molecule has 4 nitrogen and oxygen atoms in total. The Bertz CT molecular complexity index is 583. The summed E-state index contributed by atoms with van der Waals surface area (Å²) in [4.78, 5) is 0. The van der Waals surface area contributed by atoms with Crippen LogP contribution in [0.2, 0.25) is 0 Å². The second kappa shape index (κ2) is 8.41. The van der Waals surface area contributed by atoms with Crippen LogP contribution in [-0.4, -0.2) is 36.6 Å². The highest BCUT2D eigenvalue weighted by molar-refractivity contribution is 5.35. The maximum Gasteiger partial charge on any atom is 0.122 e. The molecule has 0 aliphatic rings. The Kier molecular flexibility index (Phi) is 6.25. The largest absolute Gasteiger partial charge is 0.497 e. The summed E-state index contributed by atoms with van der Waals surface area (Å²) in [6, 6.07) is 15.8. The highest BCUT2D eigenvalue weighted by Gasteiger charge is 2.07. The summed E-state index contributed by atoms with van der Waals surface area (Å²) in [6.45, 7) is -0.210. The third-order valence-corrected chi connectivity index (χ3v) is 3.43. The van der Waals surface area contributed by atoms with E-state index in [1.165, 1.54) is 5.56 Å². The van der Waals surface area contributed by atoms with Gasteiger partial charge in [0.1, 0.15) is 24.2 Å². The van der Waals surface area contributed by atoms with E-state index in [0.29, 0.717) is 0 Å². The molecule has 118 valence electrons. The van der Waals surface area contributed by atoms with Gasteiger partial charge in [-0.3, -0.25) is 0 Å². The molecular formula is C18H22O4. The maximum absolute atomic E-state index is 9.39. The fourth-order valence-electron chi connectivity index (χ4n) is 2.20. The standard InChI is InChI=1S/C18H22O4/c1-21-17-7-4-5-14(11-17)9-10-15-6-2-3-8-18(15)22-13-16(20)12-19/h2-8,11,16,19-20H,9-10,12-13H2,1H3. The molecule has 0 fully saturated rings. The van der Waals surface area contributed by atoms with Crippen molar-refractivity contribution in [3.05, 3.63) is 59.7 Å². The Morgan fingerprint density at radius 1 is 1.05 bits per heavy atom. The summed E-state index contributed by atoms with van der Waals surface area (Å²) < 4.78 is 10.8. The van der Waals surface area contributed by atoms with E-state index in [-0.39, 0.29) is 13.2 Å². The number of hydrogen-bond donors (Lipinski definition) is 2. The molecular weight excluding hydrogens is 280 g/mol. The van der Waals surface area contributed by atoms with E-state index in [0.717, 1.165) is 29.9 Å². The number of methoxy groups -OCH3 is 1. The third-order valence-electron chi connectivity index (χ3n) is 3.43. The molecule has 2 N–H and O–H groups in total. The molecule has 0 amide bonds. The average Bonchev–Trinajstić information content (AvgIpc) is 2.58. The number of hydrogen-bond acceptors (Lipinski definition) is 4. The van der Waals surface area contributed by atoms with Gasteiger partial charge < -0.3 is 19.7 Å². The molecule has 2 aromatic carbocycles. The SMILES string of the molecule is COc1cccc(CCc2ccccc2OCC(O)CO)c1. The molecule has 0 spiro atoms. The summed E-state index contributed by atoms with van der Waals surface area (Å²) in [5, 5.41) is 18.2. The van der Waals surface area contributed by atoms with Gasteiger partial charge in [0.05, 0.1) is 13.7 Å². The van der Waals surface area contributed by atoms with Gasteiger partial charge in [0.25, 0.3) is 0 Å². The second-order valence-electron chi connectivity index (χ2n) is 5.11. The van der Waals surface area contributed by atoms with Crippen molar-refractivity contribution in [3.8, 4) is 11.5 Å². The first kappa shape index (κ1) is 16.3. The van der Waals surface area contributed by atoms with Crippen LogP contribution >= 0.6 is 0 Å². The van der Waals surface area contributed by atoms with Crippen molar-refractivity contribution in [1.82, 2.24) is 0 Å². The summed E-state index contributed by atoms with van der Waals surface area (Å²) in [7, 11) is 1.66. The Hall–Kier alpha value is -2.04. The number of rotatable bonds is 8. The van der Waals surface area contributed by atoms with Crippen molar-refractivity contribution in [2.45, 2.75) is 18.9 Å². The predicted molar refractivity (Wildman–Crippen MR) is 85.4 cm³/mol. The van der Waals surface area contributed by atoms with Crippen LogP contribution in [-0.2, 0) is 12.8 Å². The lowest BCUT2D eigenvalue weighted by Gasteiger charge is -2.13. The number of ether oxygens (including phenoxy) is 2. The van der Waals surface area contributed by atoms with Gasteiger partial charge in [0.2, 0.25) is 0 Å². The molecule has 2 rings (SSSR count). The van der Waals surface area contributed by atoms with Gasteiger partial charge in [-0.2, -0.15) is 0 Å². The lowest BCUT2D eigenvalue weighted by Crippen LogP contribution is -2.21. The summed E-state index contributed by atoms with van der Waals surface area (Å²) in [5.74, 6) is 1.60. The number of para-hydroxylation sites is 1. The lowest BCUT2D eigenvalue weighted by molar-refractivity contribution is 0.0533. The van der Waals surface area contributed by atoms with Gasteiger partial charge in [-0.1, -0.05) is 30.3 Å². The molecule has 0 aliphatic carbocycles. The zero-order valence-corrected chi connectivity index (χ0v) is 12.7. The molecule has 22 heavy (non-hydrogen) atoms. The van der Waals surface area contributed by atoms with Gasteiger partial charge in [0.15, 0.2) is 0 Å². The molecule has 0 radical (unpaired) electrons. The number of aryl methyl sites for hydroxylation is 2. The van der Waals surface area contributed by atoms with E-state index in [2.05, 4.69) is 6.07 Å². The normalized spacial score (nSPS) is 12.0. The van der Waals surface area contributed by atoms with Gasteiger partial charge in [-0.15, -0.1) is 0 Å². The van der Waals surface area contributed by atoms with Crippen molar-refractivity contribution in [2.24, 2.45) is 0 Å². The minimum atomic E-state index is -0.855. The van der Waals surface area contributed by atoms with Crippen LogP contribution < -0.4 is 9.47 Å². The molecule has 2 aromatic rings. The van der Waals surface area contributed by atoms with Gasteiger partial charge in [-0.25, -0.2) is 0 Å². The van der Waals surface area contributed by atoms with E-state index in [1.54, 1.807) is 7.11 Å². The van der Waals surface area contributed by atoms with Gasteiger partial charge in [0, 0.05) is 0 Å². The Morgan fingerprint density at radius 3 is 2.64 bits per heavy atom. The summed E-state index contributed by atoms with van der Waals surface area (Å²) in [6.07, 6.45) is 0.852. The molecule has 0 bridgehead atoms. The molecule has 0 saturated carbocycles. The van der Waals surface area contributed by atoms with E-state index < -0.39 is 6.10 Å². The van der Waals surface area contributed by atoms with Crippen molar-refractivity contribution in [2.75, 3.05) is 20.3 Å². The maximum atomic E-state index is 9.39. The Balaban J connectivity index is 1.99. The monoisotopic (exact) mass is 302 g/mol. The van der Waals surface area contributed by atoms with Crippen LogP contribution in [0.1, 0.15) is 11.1 Å². The van der Waals surface area contributed by atoms with Gasteiger partial charge in [-0.05, 0) is 42.2 Å². The molecule has 0 aromatic heterocycles. The van der Waals surface area contributed by atoms with Crippen molar-refractivity contribution in [1.29, 1.82) is 0 Å². The molecule has 1 unspecified atom stereocenters. The van der Waals surface area contributed by atoms with E-state index in [1.807, 2.05) is 42.5 Å². The zero-order chi connectivity index (χ0) is 15.8. The zero-order valence-electron chi connectivity index (χ0n) is 12.7. The summed E-state index contributed by atoms with van der Waals surface area (Å²) >= 11 is 0. The van der Waals surface area contributed by atoms with E-state index >= 15 is 0 Å². The highest BCUT2D eigenvalue weighted by atomic mass is 16.5. The van der Waals surface area contributed by atoms with Crippen molar-refractivity contribution in [3.63, 3.8) is 0 Å². The summed E-state index contributed by atoms with van der Waals surface area (Å²) in [5.41, 5.74) is 2.28. The molecule has 4 heteroatoms. The van der Waals surface area contributed by atoms with Crippen molar-refractivity contribution >= 4 is 0 Å². The first-order valence-corrected chi connectivity index (χ1v) is 7.35. The minimum Gasteiger partial charge on any atom is -0.497 e. The highest BCUT2D eigenvalue weighted by Crippen LogP contribution is 2.21. The third kappa shape index (κ3) is 4.76. The smallest absolute Gasteiger partial charge is 0.122 e. The van der Waals surface area contributed by atoms with Crippen LogP contribution in [0.25, 0.3) is 0 Å². The fourth-order valence-corrected chi connectivity index (χ4v) is 2.20. The molecule has 0 heterocycles. The molecule has 1 atom stereocenters. The predicted octanol–water partition coefficient (Wildman–Crippen LogP) is 2.21. The molecule has 0 aliphatic heterocycles.